The highest BCUT2D eigenvalue weighted by atomic mass is 32.2. The van der Waals surface area contributed by atoms with Crippen LogP contribution in [-0.2, 0) is 14.8 Å². The van der Waals surface area contributed by atoms with Gasteiger partial charge in [-0.15, -0.1) is 0 Å². The van der Waals surface area contributed by atoms with Crippen LogP contribution in [0.4, 0.5) is 11.4 Å². The maximum absolute atomic E-state index is 12.8. The number of nitrogens with zero attached hydrogens (tertiary/aromatic N) is 2. The van der Waals surface area contributed by atoms with E-state index in [1.807, 2.05) is 20.8 Å². The monoisotopic (exact) mass is 445 g/mol. The van der Waals surface area contributed by atoms with E-state index in [1.54, 1.807) is 23.1 Å². The lowest BCUT2D eigenvalue weighted by molar-refractivity contribution is -0.127. The molecule has 1 heterocycles. The van der Waals surface area contributed by atoms with Gasteiger partial charge in [0.2, 0.25) is 15.9 Å². The third kappa shape index (κ3) is 4.42. The third-order valence-corrected chi connectivity index (χ3v) is 6.96. The van der Waals surface area contributed by atoms with Gasteiger partial charge in [-0.25, -0.2) is 12.7 Å². The summed E-state index contributed by atoms with van der Waals surface area (Å²) in [4.78, 5) is 27.2. The molecule has 0 atom stereocenters. The van der Waals surface area contributed by atoms with E-state index in [1.165, 1.54) is 38.4 Å². The first-order chi connectivity index (χ1) is 14.5. The van der Waals surface area contributed by atoms with E-state index in [4.69, 9.17) is 4.74 Å². The molecule has 31 heavy (non-hydrogen) atoms. The van der Waals surface area contributed by atoms with E-state index < -0.39 is 15.4 Å². The van der Waals surface area contributed by atoms with Gasteiger partial charge in [0.25, 0.3) is 5.91 Å². The van der Waals surface area contributed by atoms with Gasteiger partial charge in [-0.3, -0.25) is 9.59 Å². The van der Waals surface area contributed by atoms with Crippen molar-refractivity contribution >= 4 is 33.2 Å². The molecule has 8 nitrogen and oxygen atoms in total. The van der Waals surface area contributed by atoms with Crippen LogP contribution in [0.15, 0.2) is 47.4 Å². The van der Waals surface area contributed by atoms with Crippen LogP contribution in [-0.4, -0.2) is 51.8 Å². The van der Waals surface area contributed by atoms with Crippen molar-refractivity contribution in [2.24, 2.45) is 5.41 Å². The minimum absolute atomic E-state index is 0.0155. The van der Waals surface area contributed by atoms with Crippen LogP contribution in [0, 0.1) is 5.41 Å². The SMILES string of the molecule is CCN1C(=O)C(C)(C)COc2cc(NC(=O)c3ccc(S(=O)(=O)N(C)C)cc3)ccc21. The first-order valence-corrected chi connectivity index (χ1v) is 11.3. The molecule has 0 bridgehead atoms. The highest BCUT2D eigenvalue weighted by Gasteiger charge is 2.37. The number of ether oxygens (including phenoxy) is 1. The molecule has 0 aliphatic carbocycles. The van der Waals surface area contributed by atoms with Gasteiger partial charge in [0, 0.05) is 38.0 Å². The summed E-state index contributed by atoms with van der Waals surface area (Å²) in [5.41, 5.74) is 0.832. The zero-order valence-corrected chi connectivity index (χ0v) is 19.1. The van der Waals surface area contributed by atoms with Crippen LogP contribution in [0.3, 0.4) is 0 Å². The molecular weight excluding hydrogens is 418 g/mol. The summed E-state index contributed by atoms with van der Waals surface area (Å²) in [6, 6.07) is 10.9. The maximum Gasteiger partial charge on any atom is 0.255 e. The summed E-state index contributed by atoms with van der Waals surface area (Å²) in [5.74, 6) is 0.121. The van der Waals surface area contributed by atoms with Gasteiger partial charge in [-0.05, 0) is 57.2 Å². The molecule has 1 N–H and O–H groups in total. The van der Waals surface area contributed by atoms with Gasteiger partial charge in [-0.2, -0.15) is 0 Å². The average Bonchev–Trinajstić information content (AvgIpc) is 2.82. The Morgan fingerprint density at radius 2 is 1.81 bits per heavy atom. The largest absolute Gasteiger partial charge is 0.490 e. The van der Waals surface area contributed by atoms with E-state index >= 15 is 0 Å². The van der Waals surface area contributed by atoms with Crippen molar-refractivity contribution in [3.63, 3.8) is 0 Å². The quantitative estimate of drug-likeness (QED) is 0.763. The molecule has 0 aromatic heterocycles. The van der Waals surface area contributed by atoms with Crippen LogP contribution < -0.4 is 15.0 Å². The highest BCUT2D eigenvalue weighted by molar-refractivity contribution is 7.89. The van der Waals surface area contributed by atoms with Gasteiger partial charge in [0.05, 0.1) is 16.0 Å². The molecular formula is C22H27N3O5S. The molecule has 166 valence electrons. The third-order valence-electron chi connectivity index (χ3n) is 5.13. The van der Waals surface area contributed by atoms with E-state index in [9.17, 15) is 18.0 Å². The Balaban J connectivity index is 1.82. The smallest absolute Gasteiger partial charge is 0.255 e. The summed E-state index contributed by atoms with van der Waals surface area (Å²) in [7, 11) is -0.663. The fourth-order valence-corrected chi connectivity index (χ4v) is 4.13. The molecule has 0 unspecified atom stereocenters. The number of carbonyl (C=O) groups excluding carboxylic acids is 2. The Hall–Kier alpha value is -2.91. The van der Waals surface area contributed by atoms with Crippen molar-refractivity contribution in [1.82, 2.24) is 4.31 Å². The minimum Gasteiger partial charge on any atom is -0.490 e. The number of nitrogens with one attached hydrogen (secondary N) is 1. The Morgan fingerprint density at radius 1 is 1.16 bits per heavy atom. The van der Waals surface area contributed by atoms with Crippen molar-refractivity contribution in [2.45, 2.75) is 25.7 Å². The number of fused-ring (bicyclic) bond motifs is 1. The molecule has 0 radical (unpaired) electrons. The summed E-state index contributed by atoms with van der Waals surface area (Å²) < 4.78 is 31.3. The molecule has 0 saturated carbocycles. The first-order valence-electron chi connectivity index (χ1n) is 9.90. The molecule has 1 aliphatic heterocycles. The number of rotatable bonds is 5. The Kier molecular flexibility index (Phi) is 6.11. The lowest BCUT2D eigenvalue weighted by Crippen LogP contribution is -2.42. The Morgan fingerprint density at radius 3 is 2.39 bits per heavy atom. The zero-order chi connectivity index (χ0) is 23.0. The number of sulfonamides is 1. The fourth-order valence-electron chi connectivity index (χ4n) is 3.23. The lowest BCUT2D eigenvalue weighted by atomic mass is 9.93. The van der Waals surface area contributed by atoms with Gasteiger partial charge < -0.3 is 15.0 Å². The summed E-state index contributed by atoms with van der Waals surface area (Å²) >= 11 is 0. The molecule has 0 saturated heterocycles. The molecule has 2 aromatic rings. The van der Waals surface area contributed by atoms with E-state index in [0.717, 1.165) is 4.31 Å². The Labute approximate surface area is 182 Å². The van der Waals surface area contributed by atoms with Crippen LogP contribution in [0.25, 0.3) is 0 Å². The second kappa shape index (κ2) is 8.32. The van der Waals surface area contributed by atoms with Gasteiger partial charge >= 0.3 is 0 Å². The second-order valence-corrected chi connectivity index (χ2v) is 10.3. The van der Waals surface area contributed by atoms with Crippen molar-refractivity contribution in [1.29, 1.82) is 0 Å². The van der Waals surface area contributed by atoms with E-state index in [0.29, 0.717) is 29.2 Å². The van der Waals surface area contributed by atoms with Crippen molar-refractivity contribution in [3.05, 3.63) is 48.0 Å². The molecule has 2 amide bonds. The number of amides is 2. The average molecular weight is 446 g/mol. The Bertz CT molecular complexity index is 1110. The number of benzene rings is 2. The fraction of sp³-hybridized carbons (Fsp3) is 0.364. The molecule has 2 aromatic carbocycles. The highest BCUT2D eigenvalue weighted by Crippen LogP contribution is 2.38. The van der Waals surface area contributed by atoms with Crippen LogP contribution in [0.1, 0.15) is 31.1 Å². The van der Waals surface area contributed by atoms with Crippen molar-refractivity contribution in [2.75, 3.05) is 37.5 Å². The summed E-state index contributed by atoms with van der Waals surface area (Å²) in [5, 5.41) is 2.79. The maximum atomic E-state index is 12.8. The number of hydrogen-bond donors (Lipinski definition) is 1. The normalized spacial score (nSPS) is 15.8. The molecule has 0 fully saturated rings. The van der Waals surface area contributed by atoms with Crippen LogP contribution in [0.5, 0.6) is 5.75 Å². The second-order valence-electron chi connectivity index (χ2n) is 8.17. The topological polar surface area (TPSA) is 96.0 Å². The van der Waals surface area contributed by atoms with E-state index in [2.05, 4.69) is 5.32 Å². The lowest BCUT2D eigenvalue weighted by Gasteiger charge is -2.26. The predicted molar refractivity (Wildman–Crippen MR) is 119 cm³/mol. The summed E-state index contributed by atoms with van der Waals surface area (Å²) in [6.07, 6.45) is 0. The van der Waals surface area contributed by atoms with Gasteiger partial charge in [0.1, 0.15) is 12.4 Å². The number of hydrogen-bond acceptors (Lipinski definition) is 5. The minimum atomic E-state index is -3.56. The number of carbonyl (C=O) groups is 2. The molecule has 0 spiro atoms. The zero-order valence-electron chi connectivity index (χ0n) is 18.3. The first kappa shape index (κ1) is 22.8. The van der Waals surface area contributed by atoms with Crippen molar-refractivity contribution in [3.8, 4) is 5.75 Å². The molecule has 9 heteroatoms. The standard InChI is InChI=1S/C22H27N3O5S/c1-6-25-18-12-9-16(13-19(18)30-14-22(2,3)21(25)27)23-20(26)15-7-10-17(11-8-15)31(28,29)24(4)5/h7-13H,6,14H2,1-5H3,(H,23,26). The van der Waals surface area contributed by atoms with Gasteiger partial charge in [0.15, 0.2) is 0 Å². The summed E-state index contributed by atoms with van der Waals surface area (Å²) in [6.45, 7) is 6.32. The van der Waals surface area contributed by atoms with Gasteiger partial charge in [-0.1, -0.05) is 0 Å². The van der Waals surface area contributed by atoms with E-state index in [-0.39, 0.29) is 23.3 Å². The van der Waals surface area contributed by atoms with Crippen LogP contribution in [0.2, 0.25) is 0 Å². The molecule has 1 aliphatic rings. The number of anilines is 2. The molecule has 3 rings (SSSR count). The predicted octanol–water partition coefficient (Wildman–Crippen LogP) is 2.96. The van der Waals surface area contributed by atoms with Crippen molar-refractivity contribution < 1.29 is 22.7 Å². The van der Waals surface area contributed by atoms with Crippen LogP contribution >= 0.6 is 0 Å².